The van der Waals surface area contributed by atoms with Gasteiger partial charge in [-0.1, -0.05) is 35.9 Å². The molecule has 0 atom stereocenters. The van der Waals surface area contributed by atoms with Crippen LogP contribution in [-0.2, 0) is 19.5 Å². The number of nitrogens with one attached hydrogen (secondary N) is 1. The van der Waals surface area contributed by atoms with Gasteiger partial charge in [0.1, 0.15) is 17.8 Å². The van der Waals surface area contributed by atoms with Crippen LogP contribution in [0, 0.1) is 5.82 Å². The number of benzene rings is 2. The molecule has 0 unspecified atom stereocenters. The molecule has 4 rings (SSSR count). The van der Waals surface area contributed by atoms with Crippen LogP contribution in [0.25, 0.3) is 0 Å². The van der Waals surface area contributed by atoms with Gasteiger partial charge in [0.15, 0.2) is 5.69 Å². The number of oxazole rings is 1. The number of methoxy groups -OCH3 is 1. The van der Waals surface area contributed by atoms with Crippen molar-refractivity contribution in [2.24, 2.45) is 0 Å². The highest BCUT2D eigenvalue weighted by atomic mass is 35.5. The zero-order valence-electron chi connectivity index (χ0n) is 19.1. The van der Waals surface area contributed by atoms with E-state index in [4.69, 9.17) is 20.8 Å². The second-order valence-corrected chi connectivity index (χ2v) is 8.65. The number of ether oxygens (including phenoxy) is 1. The highest BCUT2D eigenvalue weighted by Gasteiger charge is 2.20. The average molecular weight is 487 g/mol. The fourth-order valence-corrected chi connectivity index (χ4v) is 4.19. The number of nitrogens with zero attached hydrogens (tertiary/aromatic N) is 3. The van der Waals surface area contributed by atoms with E-state index in [-0.39, 0.29) is 16.6 Å². The second kappa shape index (κ2) is 11.5. The topological polar surface area (TPSA) is 70.8 Å². The maximum atomic E-state index is 13.4. The van der Waals surface area contributed by atoms with E-state index in [1.54, 1.807) is 19.2 Å². The number of aromatic nitrogens is 1. The Morgan fingerprint density at radius 2 is 1.88 bits per heavy atom. The van der Waals surface area contributed by atoms with Gasteiger partial charge >= 0.3 is 0 Å². The van der Waals surface area contributed by atoms with Crippen molar-refractivity contribution < 1.29 is 18.3 Å². The van der Waals surface area contributed by atoms with Crippen LogP contribution in [0.2, 0.25) is 5.02 Å². The van der Waals surface area contributed by atoms with Crippen LogP contribution < -0.4 is 10.1 Å². The number of halogens is 2. The van der Waals surface area contributed by atoms with Crippen LogP contribution >= 0.6 is 11.6 Å². The summed E-state index contributed by atoms with van der Waals surface area (Å²) in [6, 6.07) is 12.6. The summed E-state index contributed by atoms with van der Waals surface area (Å²) in [5.74, 6) is 0.675. The smallest absolute Gasteiger partial charge is 0.273 e. The number of hydrogen-bond donors (Lipinski definition) is 1. The Balaban J connectivity index is 1.21. The van der Waals surface area contributed by atoms with E-state index >= 15 is 0 Å². The lowest BCUT2D eigenvalue weighted by molar-refractivity contribution is 0.0948. The third kappa shape index (κ3) is 6.34. The molecule has 0 bridgehead atoms. The van der Waals surface area contributed by atoms with E-state index in [2.05, 4.69) is 20.1 Å². The number of para-hydroxylation sites is 1. The van der Waals surface area contributed by atoms with Crippen LogP contribution in [0.3, 0.4) is 0 Å². The van der Waals surface area contributed by atoms with Crippen molar-refractivity contribution in [1.29, 1.82) is 0 Å². The first kappa shape index (κ1) is 24.2. The van der Waals surface area contributed by atoms with E-state index in [1.807, 2.05) is 24.3 Å². The Bertz CT molecular complexity index is 1120. The summed E-state index contributed by atoms with van der Waals surface area (Å²) in [6.07, 6.45) is 2.07. The van der Waals surface area contributed by atoms with Gasteiger partial charge < -0.3 is 14.5 Å². The first-order valence-corrected chi connectivity index (χ1v) is 11.6. The predicted molar refractivity (Wildman–Crippen MR) is 127 cm³/mol. The molecule has 1 aliphatic rings. The molecular weight excluding hydrogens is 459 g/mol. The molecule has 1 aliphatic heterocycles. The van der Waals surface area contributed by atoms with E-state index in [9.17, 15) is 9.18 Å². The van der Waals surface area contributed by atoms with Crippen LogP contribution in [0.15, 0.2) is 53.1 Å². The molecule has 34 heavy (non-hydrogen) atoms. The Kier molecular flexibility index (Phi) is 8.16. The lowest BCUT2D eigenvalue weighted by atomic mass is 10.1. The number of amides is 1. The third-order valence-corrected chi connectivity index (χ3v) is 6.16. The number of rotatable bonds is 9. The van der Waals surface area contributed by atoms with Gasteiger partial charge in [-0.15, -0.1) is 0 Å². The normalized spacial score (nSPS) is 14.8. The van der Waals surface area contributed by atoms with E-state index in [1.165, 1.54) is 12.3 Å². The molecule has 0 spiro atoms. The quantitative estimate of drug-likeness (QED) is 0.496. The molecule has 1 aromatic heterocycles. The first-order valence-electron chi connectivity index (χ1n) is 11.2. The molecule has 1 amide bonds. The van der Waals surface area contributed by atoms with Gasteiger partial charge in [0.05, 0.1) is 18.7 Å². The molecule has 0 aliphatic carbocycles. The van der Waals surface area contributed by atoms with E-state index < -0.39 is 5.82 Å². The van der Waals surface area contributed by atoms with Gasteiger partial charge in [-0.3, -0.25) is 14.6 Å². The third-order valence-electron chi connectivity index (χ3n) is 5.87. The zero-order chi connectivity index (χ0) is 23.9. The van der Waals surface area contributed by atoms with Crippen molar-refractivity contribution in [2.75, 3.05) is 39.8 Å². The standard InChI is InChI=1S/C25H28ClFN4O3/c1-33-23-5-3-2-4-19(23)8-9-28-25(32)22-17-34-24(29-22)16-31-12-10-30(11-13-31)15-18-6-7-21(27)20(26)14-18/h2-7,14,17H,8-13,15-16H2,1H3,(H,28,32). The van der Waals surface area contributed by atoms with Gasteiger partial charge in [-0.05, 0) is 35.7 Å². The van der Waals surface area contributed by atoms with Crippen molar-refractivity contribution in [1.82, 2.24) is 20.1 Å². The zero-order valence-corrected chi connectivity index (χ0v) is 19.9. The molecule has 1 saturated heterocycles. The number of carbonyl (C=O) groups is 1. The molecule has 2 aromatic carbocycles. The molecule has 3 aromatic rings. The summed E-state index contributed by atoms with van der Waals surface area (Å²) in [6.45, 7) is 5.17. The highest BCUT2D eigenvalue weighted by molar-refractivity contribution is 6.30. The molecule has 180 valence electrons. The predicted octanol–water partition coefficient (Wildman–Crippen LogP) is 3.77. The molecule has 2 heterocycles. The fourth-order valence-electron chi connectivity index (χ4n) is 3.99. The monoisotopic (exact) mass is 486 g/mol. The van der Waals surface area contributed by atoms with Crippen LogP contribution in [-0.4, -0.2) is 60.5 Å². The summed E-state index contributed by atoms with van der Waals surface area (Å²) in [7, 11) is 1.63. The summed E-state index contributed by atoms with van der Waals surface area (Å²) < 4.78 is 24.2. The van der Waals surface area contributed by atoms with E-state index in [0.29, 0.717) is 25.4 Å². The minimum atomic E-state index is -0.398. The van der Waals surface area contributed by atoms with Crippen molar-refractivity contribution in [3.63, 3.8) is 0 Å². The molecule has 1 N–H and O–H groups in total. The molecule has 7 nitrogen and oxygen atoms in total. The van der Waals surface area contributed by atoms with Crippen molar-refractivity contribution >= 4 is 17.5 Å². The molecule has 1 fully saturated rings. The lowest BCUT2D eigenvalue weighted by Gasteiger charge is -2.34. The summed E-state index contributed by atoms with van der Waals surface area (Å²) >= 11 is 5.88. The van der Waals surface area contributed by atoms with Gasteiger partial charge in [0.2, 0.25) is 5.89 Å². The number of piperazine rings is 1. The highest BCUT2D eigenvalue weighted by Crippen LogP contribution is 2.19. The van der Waals surface area contributed by atoms with Crippen molar-refractivity contribution in [2.45, 2.75) is 19.5 Å². The van der Waals surface area contributed by atoms with Gasteiger partial charge in [0, 0.05) is 39.3 Å². The van der Waals surface area contributed by atoms with Crippen molar-refractivity contribution in [3.8, 4) is 5.75 Å². The Hall–Kier alpha value is -2.94. The Morgan fingerprint density at radius 1 is 1.15 bits per heavy atom. The molecule has 9 heteroatoms. The summed E-state index contributed by atoms with van der Waals surface area (Å²) in [5.41, 5.74) is 2.31. The molecule has 0 saturated carbocycles. The van der Waals surface area contributed by atoms with E-state index in [0.717, 1.165) is 49.6 Å². The lowest BCUT2D eigenvalue weighted by Crippen LogP contribution is -2.45. The average Bonchev–Trinajstić information content (AvgIpc) is 3.31. The number of carbonyl (C=O) groups excluding carboxylic acids is 1. The Labute approximate surface area is 203 Å². The second-order valence-electron chi connectivity index (χ2n) is 8.24. The largest absolute Gasteiger partial charge is 0.496 e. The SMILES string of the molecule is COc1ccccc1CCNC(=O)c1coc(CN2CCN(Cc3ccc(F)c(Cl)c3)CC2)n1. The van der Waals surface area contributed by atoms with Crippen LogP contribution in [0.4, 0.5) is 4.39 Å². The fraction of sp³-hybridized carbons (Fsp3) is 0.360. The van der Waals surface area contributed by atoms with Crippen LogP contribution in [0.5, 0.6) is 5.75 Å². The summed E-state index contributed by atoms with van der Waals surface area (Å²) in [5, 5.41) is 3.03. The minimum Gasteiger partial charge on any atom is -0.496 e. The van der Waals surface area contributed by atoms with Crippen molar-refractivity contribution in [3.05, 3.63) is 82.3 Å². The molecule has 0 radical (unpaired) electrons. The number of hydrogen-bond acceptors (Lipinski definition) is 6. The molecular formula is C25H28ClFN4O3. The van der Waals surface area contributed by atoms with Crippen LogP contribution in [0.1, 0.15) is 27.5 Å². The first-order chi connectivity index (χ1) is 16.5. The van der Waals surface area contributed by atoms with Gasteiger partial charge in [-0.25, -0.2) is 9.37 Å². The van der Waals surface area contributed by atoms with Gasteiger partial charge in [-0.2, -0.15) is 0 Å². The Morgan fingerprint density at radius 3 is 2.62 bits per heavy atom. The van der Waals surface area contributed by atoms with Gasteiger partial charge in [0.25, 0.3) is 5.91 Å². The minimum absolute atomic E-state index is 0.152. The maximum Gasteiger partial charge on any atom is 0.273 e. The summed E-state index contributed by atoms with van der Waals surface area (Å²) in [4.78, 5) is 21.3. The maximum absolute atomic E-state index is 13.4.